The van der Waals surface area contributed by atoms with Crippen molar-refractivity contribution in [3.63, 3.8) is 0 Å². The lowest BCUT2D eigenvalue weighted by Crippen LogP contribution is -2.09. The third-order valence-corrected chi connectivity index (χ3v) is 4.68. The zero-order valence-corrected chi connectivity index (χ0v) is 10.3. The van der Waals surface area contributed by atoms with E-state index in [2.05, 4.69) is 0 Å². The summed E-state index contributed by atoms with van der Waals surface area (Å²) >= 11 is 0. The first-order valence-electron chi connectivity index (χ1n) is 7.45. The molecule has 2 saturated carbocycles. The predicted octanol–water partition coefficient (Wildman–Crippen LogP) is 5.32. The van der Waals surface area contributed by atoms with Crippen molar-refractivity contribution in [1.29, 1.82) is 0 Å². The Bertz CT molecular complexity index is 147. The van der Waals surface area contributed by atoms with E-state index in [0.717, 1.165) is 11.8 Å². The minimum atomic E-state index is 1.11. The molecule has 0 heterocycles. The van der Waals surface area contributed by atoms with E-state index < -0.39 is 0 Å². The van der Waals surface area contributed by atoms with Crippen molar-refractivity contribution in [2.45, 2.75) is 83.5 Å². The van der Waals surface area contributed by atoms with Crippen LogP contribution < -0.4 is 0 Å². The standard InChI is InChI=1S/C15H28/c1-2-5-9-14(8-4-1)12-13-15-10-6-3-7-11-15/h14-15H,1-13H2. The fourth-order valence-corrected chi connectivity index (χ4v) is 3.60. The van der Waals surface area contributed by atoms with Gasteiger partial charge in [0.25, 0.3) is 0 Å². The Morgan fingerprint density at radius 2 is 0.800 bits per heavy atom. The van der Waals surface area contributed by atoms with Crippen molar-refractivity contribution in [3.05, 3.63) is 0 Å². The van der Waals surface area contributed by atoms with Gasteiger partial charge >= 0.3 is 0 Å². The molecule has 2 rings (SSSR count). The number of hydrogen-bond acceptors (Lipinski definition) is 0. The molecule has 0 aliphatic heterocycles. The molecule has 0 atom stereocenters. The summed E-state index contributed by atoms with van der Waals surface area (Å²) in [4.78, 5) is 0. The van der Waals surface area contributed by atoms with Gasteiger partial charge in [0.05, 0.1) is 0 Å². The highest BCUT2D eigenvalue weighted by atomic mass is 14.2. The van der Waals surface area contributed by atoms with Crippen molar-refractivity contribution >= 4 is 0 Å². The lowest BCUT2D eigenvalue weighted by Gasteiger charge is -2.23. The van der Waals surface area contributed by atoms with Gasteiger partial charge in [0, 0.05) is 0 Å². The zero-order chi connectivity index (χ0) is 10.3. The molecule has 0 aromatic carbocycles. The van der Waals surface area contributed by atoms with Gasteiger partial charge in [0.2, 0.25) is 0 Å². The van der Waals surface area contributed by atoms with Crippen LogP contribution in [-0.2, 0) is 0 Å². The van der Waals surface area contributed by atoms with Gasteiger partial charge in [0.1, 0.15) is 0 Å². The normalized spacial score (nSPS) is 26.4. The van der Waals surface area contributed by atoms with E-state index in [4.69, 9.17) is 0 Å². The summed E-state index contributed by atoms with van der Waals surface area (Å²) in [6.45, 7) is 0. The van der Waals surface area contributed by atoms with Gasteiger partial charge in [-0.25, -0.2) is 0 Å². The van der Waals surface area contributed by atoms with E-state index in [9.17, 15) is 0 Å². The second-order valence-corrected chi connectivity index (χ2v) is 5.94. The molecule has 0 nitrogen and oxygen atoms in total. The number of rotatable bonds is 3. The van der Waals surface area contributed by atoms with Crippen molar-refractivity contribution in [2.75, 3.05) is 0 Å². The SMILES string of the molecule is C1CCCC(CCC2CCCCC2)CC1. The minimum Gasteiger partial charge on any atom is -0.0533 e. The highest BCUT2D eigenvalue weighted by Gasteiger charge is 2.17. The van der Waals surface area contributed by atoms with Gasteiger partial charge in [-0.05, 0) is 11.8 Å². The third kappa shape index (κ3) is 4.17. The molecule has 2 aliphatic rings. The molecule has 88 valence electrons. The van der Waals surface area contributed by atoms with Crippen LogP contribution in [0.5, 0.6) is 0 Å². The average Bonchev–Trinajstić information content (AvgIpc) is 2.56. The molecule has 0 heteroatoms. The molecule has 0 saturated heterocycles. The van der Waals surface area contributed by atoms with E-state index in [0.29, 0.717) is 0 Å². The van der Waals surface area contributed by atoms with Crippen LogP contribution in [0.15, 0.2) is 0 Å². The molecule has 0 aromatic heterocycles. The molecule has 0 N–H and O–H groups in total. The highest BCUT2D eigenvalue weighted by molar-refractivity contribution is 4.70. The summed E-state index contributed by atoms with van der Waals surface area (Å²) < 4.78 is 0. The molecule has 0 amide bonds. The Kier molecular flexibility index (Phi) is 5.02. The van der Waals surface area contributed by atoms with E-state index in [1.165, 1.54) is 44.9 Å². The van der Waals surface area contributed by atoms with Gasteiger partial charge in [0.15, 0.2) is 0 Å². The maximum Gasteiger partial charge on any atom is -0.0414 e. The number of hydrogen-bond donors (Lipinski definition) is 0. The fraction of sp³-hybridized carbons (Fsp3) is 1.00. The average molecular weight is 208 g/mol. The first-order valence-corrected chi connectivity index (χ1v) is 7.45. The van der Waals surface area contributed by atoms with Gasteiger partial charge < -0.3 is 0 Å². The summed E-state index contributed by atoms with van der Waals surface area (Å²) in [5.41, 5.74) is 0. The van der Waals surface area contributed by atoms with Crippen molar-refractivity contribution in [2.24, 2.45) is 11.8 Å². The molecule has 2 fully saturated rings. The quantitative estimate of drug-likeness (QED) is 0.551. The molecule has 0 spiro atoms. The molecular weight excluding hydrogens is 180 g/mol. The van der Waals surface area contributed by atoms with Gasteiger partial charge in [-0.1, -0.05) is 83.5 Å². The molecule has 0 unspecified atom stereocenters. The van der Waals surface area contributed by atoms with Gasteiger partial charge in [-0.2, -0.15) is 0 Å². The fourth-order valence-electron chi connectivity index (χ4n) is 3.60. The molecule has 0 aromatic rings. The summed E-state index contributed by atoms with van der Waals surface area (Å²) in [6.07, 6.45) is 19.9. The maximum absolute atomic E-state index is 1.56. The van der Waals surface area contributed by atoms with Crippen LogP contribution in [-0.4, -0.2) is 0 Å². The van der Waals surface area contributed by atoms with Crippen LogP contribution in [0.1, 0.15) is 83.5 Å². The third-order valence-electron chi connectivity index (χ3n) is 4.68. The highest BCUT2D eigenvalue weighted by Crippen LogP contribution is 2.32. The van der Waals surface area contributed by atoms with Crippen LogP contribution in [0.2, 0.25) is 0 Å². The summed E-state index contributed by atoms with van der Waals surface area (Å²) in [7, 11) is 0. The van der Waals surface area contributed by atoms with Gasteiger partial charge in [-0.15, -0.1) is 0 Å². The van der Waals surface area contributed by atoms with Crippen LogP contribution in [0.4, 0.5) is 0 Å². The van der Waals surface area contributed by atoms with E-state index in [1.807, 2.05) is 0 Å². The molecule has 0 radical (unpaired) electrons. The van der Waals surface area contributed by atoms with Crippen LogP contribution in [0, 0.1) is 11.8 Å². The summed E-state index contributed by atoms with van der Waals surface area (Å²) in [6, 6.07) is 0. The van der Waals surface area contributed by atoms with Crippen molar-refractivity contribution < 1.29 is 0 Å². The molecular formula is C15H28. The van der Waals surface area contributed by atoms with E-state index in [-0.39, 0.29) is 0 Å². The molecule has 0 bridgehead atoms. The Morgan fingerprint density at radius 1 is 0.467 bits per heavy atom. The topological polar surface area (TPSA) is 0 Å². The first kappa shape index (κ1) is 11.5. The van der Waals surface area contributed by atoms with Crippen LogP contribution >= 0.6 is 0 Å². The lowest BCUT2D eigenvalue weighted by molar-refractivity contribution is 0.297. The zero-order valence-electron chi connectivity index (χ0n) is 10.3. The van der Waals surface area contributed by atoms with Crippen molar-refractivity contribution in [1.82, 2.24) is 0 Å². The Morgan fingerprint density at radius 3 is 1.20 bits per heavy atom. The summed E-state index contributed by atoms with van der Waals surface area (Å²) in [5, 5.41) is 0. The van der Waals surface area contributed by atoms with Crippen LogP contribution in [0.25, 0.3) is 0 Å². The Balaban J connectivity index is 1.62. The van der Waals surface area contributed by atoms with E-state index in [1.54, 1.807) is 38.5 Å². The second-order valence-electron chi connectivity index (χ2n) is 5.94. The van der Waals surface area contributed by atoms with Crippen LogP contribution in [0.3, 0.4) is 0 Å². The second kappa shape index (κ2) is 6.55. The minimum absolute atomic E-state index is 1.11. The maximum atomic E-state index is 1.56. The monoisotopic (exact) mass is 208 g/mol. The summed E-state index contributed by atoms with van der Waals surface area (Å²) in [5.74, 6) is 2.22. The molecule has 15 heavy (non-hydrogen) atoms. The molecule has 2 aliphatic carbocycles. The first-order chi connectivity index (χ1) is 7.45. The predicted molar refractivity (Wildman–Crippen MR) is 67.0 cm³/mol. The Hall–Kier alpha value is 0. The lowest BCUT2D eigenvalue weighted by atomic mass is 9.83. The smallest absolute Gasteiger partial charge is 0.0414 e. The van der Waals surface area contributed by atoms with E-state index >= 15 is 0 Å². The van der Waals surface area contributed by atoms with Crippen molar-refractivity contribution in [3.8, 4) is 0 Å². The largest absolute Gasteiger partial charge is 0.0533 e. The Labute approximate surface area is 95.8 Å². The van der Waals surface area contributed by atoms with Gasteiger partial charge in [-0.3, -0.25) is 0 Å².